The number of rotatable bonds is 5. The lowest BCUT2D eigenvalue weighted by Crippen LogP contribution is -2.49. The van der Waals surface area contributed by atoms with Gasteiger partial charge in [0.1, 0.15) is 0 Å². The molecule has 3 heterocycles. The Morgan fingerprint density at radius 1 is 1.38 bits per heavy atom. The molecule has 138 valence electrons. The van der Waals surface area contributed by atoms with Crippen LogP contribution in [0.4, 0.5) is 4.79 Å². The zero-order chi connectivity index (χ0) is 18.8. The molecule has 0 saturated heterocycles. The number of urea groups is 1. The van der Waals surface area contributed by atoms with E-state index in [1.54, 1.807) is 18.4 Å². The molecule has 0 spiro atoms. The average Bonchev–Trinajstić information content (AvgIpc) is 2.95. The Kier molecular flexibility index (Phi) is 5.12. The van der Waals surface area contributed by atoms with Crippen molar-refractivity contribution in [1.29, 1.82) is 0 Å². The Morgan fingerprint density at radius 3 is 2.88 bits per heavy atom. The van der Waals surface area contributed by atoms with E-state index < -0.39 is 12.0 Å². The van der Waals surface area contributed by atoms with E-state index in [4.69, 9.17) is 4.74 Å². The van der Waals surface area contributed by atoms with E-state index in [0.717, 1.165) is 11.4 Å². The summed E-state index contributed by atoms with van der Waals surface area (Å²) in [5, 5.41) is 10.3. The number of hydrogen-bond donors (Lipinski definition) is 2. The van der Waals surface area contributed by atoms with Crippen molar-refractivity contribution in [2.75, 3.05) is 12.4 Å². The van der Waals surface area contributed by atoms with Crippen molar-refractivity contribution in [2.45, 2.75) is 38.9 Å². The molecule has 0 unspecified atom stereocenters. The van der Waals surface area contributed by atoms with E-state index in [2.05, 4.69) is 25.7 Å². The number of carbonyl (C=O) groups is 2. The monoisotopic (exact) mass is 376 g/mol. The molecule has 0 fully saturated rings. The molecule has 2 aromatic heterocycles. The van der Waals surface area contributed by atoms with E-state index in [1.165, 1.54) is 11.8 Å². The van der Waals surface area contributed by atoms with Gasteiger partial charge in [-0.25, -0.2) is 19.1 Å². The smallest absolute Gasteiger partial charge is 0.337 e. The van der Waals surface area contributed by atoms with Gasteiger partial charge in [-0.1, -0.05) is 11.8 Å². The first kappa shape index (κ1) is 18.2. The fourth-order valence-electron chi connectivity index (χ4n) is 2.74. The van der Waals surface area contributed by atoms with Crippen LogP contribution in [-0.2, 0) is 9.53 Å². The average molecular weight is 376 g/mol. The maximum atomic E-state index is 12.2. The van der Waals surface area contributed by atoms with Gasteiger partial charge in [-0.2, -0.15) is 4.98 Å². The standard InChI is InChI=1S/C16H20N6O3S/c1-5-25-13(23)12-10(4)18-15(24)19-11(12)7-26-16-20-14-17-8(2)6-9(3)22(14)21-16/h6,10H,5,7H2,1-4H3,(H2,18,19,24)/t10-/m1/s1. The van der Waals surface area contributed by atoms with Crippen LogP contribution in [0, 0.1) is 13.8 Å². The molecular formula is C16H20N6O3S. The highest BCUT2D eigenvalue weighted by atomic mass is 32.2. The van der Waals surface area contributed by atoms with Gasteiger partial charge >= 0.3 is 12.0 Å². The van der Waals surface area contributed by atoms with Gasteiger partial charge in [-0.05, 0) is 33.8 Å². The highest BCUT2D eigenvalue weighted by Crippen LogP contribution is 2.22. The van der Waals surface area contributed by atoms with Gasteiger partial charge < -0.3 is 15.4 Å². The second kappa shape index (κ2) is 7.32. The molecule has 0 aromatic carbocycles. The van der Waals surface area contributed by atoms with E-state index in [9.17, 15) is 9.59 Å². The first-order chi connectivity index (χ1) is 12.4. The molecule has 0 bridgehead atoms. The molecule has 9 nitrogen and oxygen atoms in total. The number of ether oxygens (including phenoxy) is 1. The molecule has 26 heavy (non-hydrogen) atoms. The zero-order valence-corrected chi connectivity index (χ0v) is 15.8. The number of nitrogens with one attached hydrogen (secondary N) is 2. The Balaban J connectivity index is 1.86. The first-order valence-corrected chi connectivity index (χ1v) is 9.19. The Morgan fingerprint density at radius 2 is 2.15 bits per heavy atom. The predicted octanol–water partition coefficient (Wildman–Crippen LogP) is 1.35. The molecular weight excluding hydrogens is 356 g/mol. The molecule has 0 saturated carbocycles. The third-order valence-electron chi connectivity index (χ3n) is 3.81. The summed E-state index contributed by atoms with van der Waals surface area (Å²) < 4.78 is 6.77. The molecule has 0 aliphatic carbocycles. The molecule has 3 rings (SSSR count). The van der Waals surface area contributed by atoms with Gasteiger partial charge in [0.25, 0.3) is 5.78 Å². The van der Waals surface area contributed by atoms with Crippen molar-refractivity contribution in [1.82, 2.24) is 30.2 Å². The normalized spacial score (nSPS) is 17.2. The maximum absolute atomic E-state index is 12.2. The number of hydrogen-bond acceptors (Lipinski definition) is 7. The van der Waals surface area contributed by atoms with Crippen molar-refractivity contribution in [3.8, 4) is 0 Å². The summed E-state index contributed by atoms with van der Waals surface area (Å²) in [6, 6.07) is 1.14. The second-order valence-electron chi connectivity index (χ2n) is 5.87. The predicted molar refractivity (Wildman–Crippen MR) is 95.8 cm³/mol. The van der Waals surface area contributed by atoms with E-state index in [1.807, 2.05) is 19.9 Å². The molecule has 1 aliphatic heterocycles. The van der Waals surface area contributed by atoms with Gasteiger partial charge in [0.15, 0.2) is 0 Å². The molecule has 1 aliphatic rings. The number of carbonyl (C=O) groups excluding carboxylic acids is 2. The van der Waals surface area contributed by atoms with Crippen molar-refractivity contribution < 1.29 is 14.3 Å². The zero-order valence-electron chi connectivity index (χ0n) is 15.0. The maximum Gasteiger partial charge on any atom is 0.337 e. The van der Waals surface area contributed by atoms with Crippen LogP contribution >= 0.6 is 11.8 Å². The Hall–Kier alpha value is -2.62. The van der Waals surface area contributed by atoms with Gasteiger partial charge in [-0.15, -0.1) is 5.10 Å². The van der Waals surface area contributed by atoms with Gasteiger partial charge in [0, 0.05) is 22.8 Å². The largest absolute Gasteiger partial charge is 0.463 e. The molecule has 2 N–H and O–H groups in total. The first-order valence-electron chi connectivity index (χ1n) is 8.20. The van der Waals surface area contributed by atoms with Crippen LogP contribution in [0.1, 0.15) is 25.2 Å². The summed E-state index contributed by atoms with van der Waals surface area (Å²) in [4.78, 5) is 32.8. The van der Waals surface area contributed by atoms with Crippen LogP contribution < -0.4 is 10.6 Å². The number of thioether (sulfide) groups is 1. The number of esters is 1. The van der Waals surface area contributed by atoms with Crippen LogP contribution in [0.15, 0.2) is 22.5 Å². The van der Waals surface area contributed by atoms with Crippen LogP contribution in [0.5, 0.6) is 0 Å². The van der Waals surface area contributed by atoms with E-state index >= 15 is 0 Å². The summed E-state index contributed by atoms with van der Waals surface area (Å²) in [6.07, 6.45) is 0. The van der Waals surface area contributed by atoms with Crippen LogP contribution in [0.25, 0.3) is 5.78 Å². The van der Waals surface area contributed by atoms with Crippen molar-refractivity contribution in [3.63, 3.8) is 0 Å². The highest BCUT2D eigenvalue weighted by molar-refractivity contribution is 7.99. The minimum atomic E-state index is -0.445. The lowest BCUT2D eigenvalue weighted by Gasteiger charge is -2.26. The summed E-state index contributed by atoms with van der Waals surface area (Å²) in [5.74, 6) is 0.410. The summed E-state index contributed by atoms with van der Waals surface area (Å²) in [5.41, 5.74) is 2.71. The number of amides is 2. The SMILES string of the molecule is CCOC(=O)C1=C(CSc2nc3nc(C)cc(C)n3n2)NC(=O)N[C@@H]1C. The molecule has 0 radical (unpaired) electrons. The fraction of sp³-hybridized carbons (Fsp3) is 0.438. The van der Waals surface area contributed by atoms with Crippen LogP contribution in [0.3, 0.4) is 0 Å². The minimum Gasteiger partial charge on any atom is -0.463 e. The summed E-state index contributed by atoms with van der Waals surface area (Å²) in [6.45, 7) is 7.58. The van der Waals surface area contributed by atoms with E-state index in [0.29, 0.717) is 28.0 Å². The van der Waals surface area contributed by atoms with Gasteiger partial charge in [0.05, 0.1) is 18.2 Å². The van der Waals surface area contributed by atoms with Gasteiger partial charge in [-0.3, -0.25) is 0 Å². The summed E-state index contributed by atoms with van der Waals surface area (Å²) in [7, 11) is 0. The number of nitrogens with zero attached hydrogens (tertiary/aromatic N) is 4. The second-order valence-corrected chi connectivity index (χ2v) is 6.81. The Labute approximate surface area is 154 Å². The molecule has 1 atom stereocenters. The van der Waals surface area contributed by atoms with E-state index in [-0.39, 0.29) is 12.6 Å². The lowest BCUT2D eigenvalue weighted by molar-refractivity contribution is -0.138. The van der Waals surface area contributed by atoms with Crippen molar-refractivity contribution in [2.24, 2.45) is 0 Å². The third-order valence-corrected chi connectivity index (χ3v) is 4.67. The molecule has 10 heteroatoms. The topological polar surface area (TPSA) is 111 Å². The molecule has 2 amide bonds. The molecule has 2 aromatic rings. The third kappa shape index (κ3) is 3.64. The van der Waals surface area contributed by atoms with Crippen molar-refractivity contribution >= 4 is 29.5 Å². The Bertz CT molecular complexity index is 907. The van der Waals surface area contributed by atoms with Gasteiger partial charge in [0.2, 0.25) is 5.16 Å². The minimum absolute atomic E-state index is 0.266. The number of aryl methyl sites for hydroxylation is 2. The van der Waals surface area contributed by atoms with Crippen LogP contribution in [-0.4, -0.2) is 50.0 Å². The number of aromatic nitrogens is 4. The fourth-order valence-corrected chi connectivity index (χ4v) is 3.53. The highest BCUT2D eigenvalue weighted by Gasteiger charge is 2.29. The summed E-state index contributed by atoms with van der Waals surface area (Å²) >= 11 is 1.32. The van der Waals surface area contributed by atoms with Crippen LogP contribution in [0.2, 0.25) is 0 Å². The number of fused-ring (bicyclic) bond motifs is 1. The quantitative estimate of drug-likeness (QED) is 0.599. The van der Waals surface area contributed by atoms with Crippen molar-refractivity contribution in [3.05, 3.63) is 28.7 Å². The lowest BCUT2D eigenvalue weighted by atomic mass is 10.1.